The maximum atomic E-state index is 5.95. The standard InChI is InChI=1S/C12H8ClNS/c13-10-3-4-11-9(8-10)5-6-14(11)12-2-1-7-15-12/h1-8H. The Morgan fingerprint density at radius 3 is 2.87 bits per heavy atom. The van der Waals surface area contributed by atoms with E-state index in [1.807, 2.05) is 12.1 Å². The molecule has 1 nitrogen and oxygen atoms in total. The molecule has 0 spiro atoms. The molecule has 0 aliphatic heterocycles. The third-order valence-corrected chi connectivity index (χ3v) is 3.50. The summed E-state index contributed by atoms with van der Waals surface area (Å²) in [5, 5.41) is 5.27. The molecular weight excluding hydrogens is 226 g/mol. The lowest BCUT2D eigenvalue weighted by atomic mass is 10.2. The summed E-state index contributed by atoms with van der Waals surface area (Å²) in [6.45, 7) is 0. The number of nitrogens with zero attached hydrogens (tertiary/aromatic N) is 1. The van der Waals surface area contributed by atoms with Gasteiger partial charge in [-0.05, 0) is 41.8 Å². The quantitative estimate of drug-likeness (QED) is 0.589. The van der Waals surface area contributed by atoms with E-state index in [0.29, 0.717) is 0 Å². The highest BCUT2D eigenvalue weighted by Gasteiger charge is 2.03. The average Bonchev–Trinajstić information content (AvgIpc) is 2.82. The zero-order valence-electron chi connectivity index (χ0n) is 7.85. The molecule has 0 aliphatic rings. The second kappa shape index (κ2) is 3.40. The smallest absolute Gasteiger partial charge is 0.0994 e. The van der Waals surface area contributed by atoms with Gasteiger partial charge in [-0.1, -0.05) is 11.6 Å². The first-order chi connectivity index (χ1) is 7.34. The van der Waals surface area contributed by atoms with E-state index in [9.17, 15) is 0 Å². The number of benzene rings is 1. The molecule has 0 saturated heterocycles. The molecule has 2 aromatic heterocycles. The van der Waals surface area contributed by atoms with Gasteiger partial charge in [-0.2, -0.15) is 0 Å². The summed E-state index contributed by atoms with van der Waals surface area (Å²) in [6, 6.07) is 12.2. The molecule has 0 unspecified atom stereocenters. The van der Waals surface area contributed by atoms with Crippen molar-refractivity contribution >= 4 is 33.8 Å². The van der Waals surface area contributed by atoms with Crippen LogP contribution in [0.2, 0.25) is 5.02 Å². The largest absolute Gasteiger partial charge is 0.308 e. The lowest BCUT2D eigenvalue weighted by Gasteiger charge is -2.01. The van der Waals surface area contributed by atoms with E-state index in [1.165, 1.54) is 15.9 Å². The molecule has 0 radical (unpaired) electrons. The highest BCUT2D eigenvalue weighted by molar-refractivity contribution is 7.12. The zero-order valence-corrected chi connectivity index (χ0v) is 9.42. The molecule has 1 aromatic carbocycles. The summed E-state index contributed by atoms with van der Waals surface area (Å²) in [7, 11) is 0. The van der Waals surface area contributed by atoms with Crippen molar-refractivity contribution in [3.8, 4) is 5.00 Å². The number of halogens is 1. The van der Waals surface area contributed by atoms with Gasteiger partial charge < -0.3 is 4.57 Å². The molecule has 0 bridgehead atoms. The van der Waals surface area contributed by atoms with E-state index in [1.54, 1.807) is 11.3 Å². The van der Waals surface area contributed by atoms with Gasteiger partial charge in [0.05, 0.1) is 10.5 Å². The summed E-state index contributed by atoms with van der Waals surface area (Å²) in [4.78, 5) is 0. The molecule has 15 heavy (non-hydrogen) atoms. The van der Waals surface area contributed by atoms with Crippen molar-refractivity contribution in [2.24, 2.45) is 0 Å². The predicted octanol–water partition coefficient (Wildman–Crippen LogP) is 4.35. The third-order valence-electron chi connectivity index (χ3n) is 2.40. The number of thiophene rings is 1. The predicted molar refractivity (Wildman–Crippen MR) is 66.2 cm³/mol. The topological polar surface area (TPSA) is 4.93 Å². The van der Waals surface area contributed by atoms with Crippen molar-refractivity contribution in [2.75, 3.05) is 0 Å². The van der Waals surface area contributed by atoms with Gasteiger partial charge in [0.1, 0.15) is 0 Å². The molecule has 2 heterocycles. The molecule has 3 aromatic rings. The fourth-order valence-corrected chi connectivity index (χ4v) is 2.62. The Bertz CT molecular complexity index is 595. The van der Waals surface area contributed by atoms with Crippen molar-refractivity contribution in [1.82, 2.24) is 4.57 Å². The Morgan fingerprint density at radius 2 is 2.07 bits per heavy atom. The van der Waals surface area contributed by atoms with Crippen LogP contribution in [-0.2, 0) is 0 Å². The third kappa shape index (κ3) is 1.46. The van der Waals surface area contributed by atoms with Crippen LogP contribution in [0.5, 0.6) is 0 Å². The van der Waals surface area contributed by atoms with Crippen LogP contribution >= 0.6 is 22.9 Å². The minimum absolute atomic E-state index is 0.784. The van der Waals surface area contributed by atoms with E-state index >= 15 is 0 Å². The van der Waals surface area contributed by atoms with E-state index < -0.39 is 0 Å². The Labute approximate surface area is 96.5 Å². The maximum Gasteiger partial charge on any atom is 0.0994 e. The van der Waals surface area contributed by atoms with Gasteiger partial charge in [0.15, 0.2) is 0 Å². The fourth-order valence-electron chi connectivity index (χ4n) is 1.71. The lowest BCUT2D eigenvalue weighted by molar-refractivity contribution is 1.16. The van der Waals surface area contributed by atoms with E-state index in [0.717, 1.165) is 5.02 Å². The lowest BCUT2D eigenvalue weighted by Crippen LogP contribution is -1.86. The minimum atomic E-state index is 0.784. The molecule has 3 heteroatoms. The maximum absolute atomic E-state index is 5.95. The first kappa shape index (κ1) is 9.01. The van der Waals surface area contributed by atoms with Gasteiger partial charge in [0.2, 0.25) is 0 Å². The monoisotopic (exact) mass is 233 g/mol. The second-order valence-electron chi connectivity index (χ2n) is 3.34. The number of fused-ring (bicyclic) bond motifs is 1. The van der Waals surface area contributed by atoms with Crippen molar-refractivity contribution < 1.29 is 0 Å². The average molecular weight is 234 g/mol. The summed E-state index contributed by atoms with van der Waals surface area (Å²) >= 11 is 7.68. The van der Waals surface area contributed by atoms with Crippen LogP contribution in [-0.4, -0.2) is 4.57 Å². The van der Waals surface area contributed by atoms with Crippen molar-refractivity contribution in [2.45, 2.75) is 0 Å². The highest BCUT2D eigenvalue weighted by atomic mass is 35.5. The molecular formula is C12H8ClNS. The van der Waals surface area contributed by atoms with E-state index in [2.05, 4.69) is 40.4 Å². The van der Waals surface area contributed by atoms with Crippen LogP contribution in [0, 0.1) is 0 Å². The summed E-state index contributed by atoms with van der Waals surface area (Å²) in [5.41, 5.74) is 1.20. The molecule has 3 rings (SSSR count). The van der Waals surface area contributed by atoms with E-state index in [4.69, 9.17) is 11.6 Å². The molecule has 0 saturated carbocycles. The van der Waals surface area contributed by atoms with E-state index in [-0.39, 0.29) is 0 Å². The Morgan fingerprint density at radius 1 is 1.13 bits per heavy atom. The first-order valence-corrected chi connectivity index (χ1v) is 5.91. The molecule has 74 valence electrons. The van der Waals surface area contributed by atoms with Gasteiger partial charge in [0.25, 0.3) is 0 Å². The van der Waals surface area contributed by atoms with Crippen LogP contribution in [0.25, 0.3) is 15.9 Å². The fraction of sp³-hybridized carbons (Fsp3) is 0. The van der Waals surface area contributed by atoms with Crippen LogP contribution in [0.15, 0.2) is 48.0 Å². The molecule has 0 N–H and O–H groups in total. The summed E-state index contributed by atoms with van der Waals surface area (Å²) in [5.74, 6) is 0. The second-order valence-corrected chi connectivity index (χ2v) is 4.70. The Balaban J connectivity index is 2.29. The molecule has 0 atom stereocenters. The van der Waals surface area contributed by atoms with Crippen LogP contribution in [0.1, 0.15) is 0 Å². The Hall–Kier alpha value is -1.25. The first-order valence-electron chi connectivity index (χ1n) is 4.65. The number of rotatable bonds is 1. The van der Waals surface area contributed by atoms with Gasteiger partial charge in [-0.3, -0.25) is 0 Å². The molecule has 0 aliphatic carbocycles. The molecule has 0 fully saturated rings. The Kier molecular flexibility index (Phi) is 2.04. The van der Waals surface area contributed by atoms with Gasteiger partial charge >= 0.3 is 0 Å². The van der Waals surface area contributed by atoms with Crippen LogP contribution < -0.4 is 0 Å². The van der Waals surface area contributed by atoms with Crippen LogP contribution in [0.3, 0.4) is 0 Å². The zero-order chi connectivity index (χ0) is 10.3. The molecule has 0 amide bonds. The van der Waals surface area contributed by atoms with Gasteiger partial charge in [0, 0.05) is 16.6 Å². The minimum Gasteiger partial charge on any atom is -0.308 e. The van der Waals surface area contributed by atoms with Crippen molar-refractivity contribution in [3.63, 3.8) is 0 Å². The number of aromatic nitrogens is 1. The van der Waals surface area contributed by atoms with Crippen molar-refractivity contribution in [1.29, 1.82) is 0 Å². The summed E-state index contributed by atoms with van der Waals surface area (Å²) < 4.78 is 2.18. The highest BCUT2D eigenvalue weighted by Crippen LogP contribution is 2.25. The van der Waals surface area contributed by atoms with Gasteiger partial charge in [-0.15, -0.1) is 11.3 Å². The normalized spacial score (nSPS) is 11.0. The van der Waals surface area contributed by atoms with Gasteiger partial charge in [-0.25, -0.2) is 0 Å². The SMILES string of the molecule is Clc1ccc2c(ccn2-c2cccs2)c1. The number of hydrogen-bond donors (Lipinski definition) is 0. The van der Waals surface area contributed by atoms with Crippen LogP contribution in [0.4, 0.5) is 0 Å². The number of hydrogen-bond acceptors (Lipinski definition) is 1. The summed E-state index contributed by atoms with van der Waals surface area (Å²) in [6.07, 6.45) is 2.08. The van der Waals surface area contributed by atoms with Crippen molar-refractivity contribution in [3.05, 3.63) is 53.0 Å².